The van der Waals surface area contributed by atoms with E-state index in [1.807, 2.05) is 0 Å². The topological polar surface area (TPSA) is 92.1 Å². The van der Waals surface area contributed by atoms with Gasteiger partial charge in [-0.05, 0) is 13.8 Å². The molecule has 2 aromatic heterocycles. The van der Waals surface area contributed by atoms with Crippen LogP contribution in [0.15, 0.2) is 15.7 Å². The molecule has 3 heterocycles. The zero-order chi connectivity index (χ0) is 13.6. The van der Waals surface area contributed by atoms with Crippen molar-refractivity contribution in [1.82, 2.24) is 19.4 Å². The summed E-state index contributed by atoms with van der Waals surface area (Å²) in [5.41, 5.74) is 2.18. The first-order valence-corrected chi connectivity index (χ1v) is 7.38. The molecule has 0 radical (unpaired) electrons. The van der Waals surface area contributed by atoms with Gasteiger partial charge in [0.1, 0.15) is 10.6 Å². The van der Waals surface area contributed by atoms with E-state index in [1.54, 1.807) is 20.2 Å². The number of nitrogens with one attached hydrogen (secondary N) is 1. The number of aryl methyl sites for hydroxylation is 2. The van der Waals surface area contributed by atoms with Gasteiger partial charge in [-0.25, -0.2) is 13.4 Å². The van der Waals surface area contributed by atoms with Crippen LogP contribution in [0.5, 0.6) is 0 Å². The van der Waals surface area contributed by atoms with E-state index in [4.69, 9.17) is 4.52 Å². The molecule has 0 fully saturated rings. The van der Waals surface area contributed by atoms with E-state index in [0.717, 1.165) is 11.4 Å². The summed E-state index contributed by atoms with van der Waals surface area (Å²) in [6.07, 6.45) is 2.21. The van der Waals surface area contributed by atoms with Crippen LogP contribution in [0.25, 0.3) is 0 Å². The van der Waals surface area contributed by atoms with Gasteiger partial charge in [0.05, 0.1) is 24.3 Å². The molecule has 0 amide bonds. The van der Waals surface area contributed by atoms with Crippen LogP contribution in [0.2, 0.25) is 0 Å². The van der Waals surface area contributed by atoms with Crippen molar-refractivity contribution in [2.45, 2.75) is 31.7 Å². The van der Waals surface area contributed by atoms with Gasteiger partial charge in [-0.3, -0.25) is 0 Å². The minimum absolute atomic E-state index is 0.176. The van der Waals surface area contributed by atoms with Crippen LogP contribution < -0.4 is 0 Å². The third kappa shape index (κ3) is 1.87. The van der Waals surface area contributed by atoms with Crippen molar-refractivity contribution >= 4 is 10.0 Å². The number of aromatic nitrogens is 3. The number of fused-ring (bicyclic) bond motifs is 1. The fraction of sp³-hybridized carbons (Fsp3) is 0.455. The van der Waals surface area contributed by atoms with E-state index >= 15 is 0 Å². The Bertz CT molecular complexity index is 697. The zero-order valence-corrected chi connectivity index (χ0v) is 11.5. The minimum Gasteiger partial charge on any atom is -0.360 e. The van der Waals surface area contributed by atoms with Crippen LogP contribution in [-0.2, 0) is 23.0 Å². The van der Waals surface area contributed by atoms with E-state index in [1.165, 1.54) is 4.31 Å². The predicted molar refractivity (Wildman–Crippen MR) is 65.9 cm³/mol. The molecule has 0 saturated heterocycles. The summed E-state index contributed by atoms with van der Waals surface area (Å²) >= 11 is 0. The maximum Gasteiger partial charge on any atom is 0.248 e. The van der Waals surface area contributed by atoms with Gasteiger partial charge < -0.3 is 9.51 Å². The largest absolute Gasteiger partial charge is 0.360 e. The van der Waals surface area contributed by atoms with E-state index in [-0.39, 0.29) is 4.90 Å². The summed E-state index contributed by atoms with van der Waals surface area (Å²) in [6, 6.07) is 0. The van der Waals surface area contributed by atoms with Crippen molar-refractivity contribution in [3.8, 4) is 0 Å². The molecule has 2 aromatic rings. The summed E-state index contributed by atoms with van der Waals surface area (Å²) in [6.45, 7) is 3.97. The Balaban J connectivity index is 1.99. The first-order chi connectivity index (χ1) is 9.00. The Morgan fingerprint density at radius 2 is 2.21 bits per heavy atom. The summed E-state index contributed by atoms with van der Waals surface area (Å²) in [7, 11) is -3.57. The number of hydrogen-bond donors (Lipinski definition) is 1. The van der Waals surface area contributed by atoms with Crippen molar-refractivity contribution in [3.63, 3.8) is 0 Å². The minimum atomic E-state index is -3.57. The van der Waals surface area contributed by atoms with Crippen LogP contribution >= 0.6 is 0 Å². The van der Waals surface area contributed by atoms with E-state index in [2.05, 4.69) is 15.1 Å². The van der Waals surface area contributed by atoms with Gasteiger partial charge >= 0.3 is 0 Å². The molecule has 0 saturated carbocycles. The first-order valence-electron chi connectivity index (χ1n) is 5.94. The highest BCUT2D eigenvalue weighted by molar-refractivity contribution is 7.89. The fourth-order valence-electron chi connectivity index (χ4n) is 2.36. The van der Waals surface area contributed by atoms with E-state index < -0.39 is 10.0 Å². The summed E-state index contributed by atoms with van der Waals surface area (Å²) < 4.78 is 31.6. The quantitative estimate of drug-likeness (QED) is 0.878. The highest BCUT2D eigenvalue weighted by Crippen LogP contribution is 2.27. The summed E-state index contributed by atoms with van der Waals surface area (Å²) in [5, 5.41) is 3.71. The van der Waals surface area contributed by atoms with E-state index in [9.17, 15) is 8.42 Å². The molecule has 7 nitrogen and oxygen atoms in total. The standard InChI is InChI=1S/C11H14N4O3S/c1-7-11(8(2)18-14-7)19(16,17)15-4-3-9-10(5-15)13-6-12-9/h6H,3-5H2,1-2H3,(H,12,13). The molecule has 1 aliphatic rings. The van der Waals surface area contributed by atoms with Crippen molar-refractivity contribution in [3.05, 3.63) is 29.2 Å². The maximum atomic E-state index is 12.6. The molecular formula is C11H14N4O3S. The first kappa shape index (κ1) is 12.4. The number of aromatic amines is 1. The number of rotatable bonds is 2. The number of sulfonamides is 1. The number of nitrogens with zero attached hydrogens (tertiary/aromatic N) is 3. The van der Waals surface area contributed by atoms with Crippen molar-refractivity contribution in [1.29, 1.82) is 0 Å². The predicted octanol–water partition coefficient (Wildman–Crippen LogP) is 0.762. The van der Waals surface area contributed by atoms with Crippen LogP contribution in [0.4, 0.5) is 0 Å². The van der Waals surface area contributed by atoms with Crippen LogP contribution in [0.3, 0.4) is 0 Å². The summed E-state index contributed by atoms with van der Waals surface area (Å²) in [4.78, 5) is 7.32. The van der Waals surface area contributed by atoms with Gasteiger partial charge in [-0.1, -0.05) is 5.16 Å². The molecular weight excluding hydrogens is 268 g/mol. The van der Waals surface area contributed by atoms with Gasteiger partial charge in [-0.15, -0.1) is 0 Å². The Morgan fingerprint density at radius 1 is 1.42 bits per heavy atom. The molecule has 0 bridgehead atoms. The molecule has 19 heavy (non-hydrogen) atoms. The average molecular weight is 282 g/mol. The molecule has 1 N–H and O–H groups in total. The number of imidazole rings is 1. The lowest BCUT2D eigenvalue weighted by molar-refractivity contribution is 0.378. The van der Waals surface area contributed by atoms with Crippen molar-refractivity contribution < 1.29 is 12.9 Å². The molecule has 0 aromatic carbocycles. The van der Waals surface area contributed by atoms with Crippen LogP contribution in [0, 0.1) is 13.8 Å². The normalized spacial score (nSPS) is 16.5. The second-order valence-corrected chi connectivity index (χ2v) is 6.44. The highest BCUT2D eigenvalue weighted by Gasteiger charge is 2.33. The maximum absolute atomic E-state index is 12.6. The molecule has 0 unspecified atom stereocenters. The zero-order valence-electron chi connectivity index (χ0n) is 10.7. The number of hydrogen-bond acceptors (Lipinski definition) is 5. The van der Waals surface area contributed by atoms with Crippen molar-refractivity contribution in [2.75, 3.05) is 6.54 Å². The lowest BCUT2D eigenvalue weighted by Gasteiger charge is -2.25. The average Bonchev–Trinajstić information content (AvgIpc) is 2.95. The van der Waals surface area contributed by atoms with Gasteiger partial charge in [0, 0.05) is 13.0 Å². The summed E-state index contributed by atoms with van der Waals surface area (Å²) in [5.74, 6) is 0.327. The van der Waals surface area contributed by atoms with Crippen LogP contribution in [-0.4, -0.2) is 34.4 Å². The lowest BCUT2D eigenvalue weighted by atomic mass is 10.2. The number of H-pyrrole nitrogens is 1. The molecule has 0 aliphatic carbocycles. The molecule has 8 heteroatoms. The third-order valence-corrected chi connectivity index (χ3v) is 5.40. The monoisotopic (exact) mass is 282 g/mol. The van der Waals surface area contributed by atoms with Gasteiger partial charge in [0.15, 0.2) is 5.76 Å². The lowest BCUT2D eigenvalue weighted by Crippen LogP contribution is -2.36. The highest BCUT2D eigenvalue weighted by atomic mass is 32.2. The molecule has 0 spiro atoms. The van der Waals surface area contributed by atoms with Crippen LogP contribution in [0.1, 0.15) is 22.8 Å². The molecule has 1 aliphatic heterocycles. The Labute approximate surface area is 110 Å². The fourth-order valence-corrected chi connectivity index (χ4v) is 4.06. The molecule has 102 valence electrons. The van der Waals surface area contributed by atoms with Crippen molar-refractivity contribution in [2.24, 2.45) is 0 Å². The Morgan fingerprint density at radius 3 is 2.89 bits per heavy atom. The van der Waals surface area contributed by atoms with Gasteiger partial charge in [0.25, 0.3) is 0 Å². The molecule has 3 rings (SSSR count). The Hall–Kier alpha value is -1.67. The van der Waals surface area contributed by atoms with E-state index in [0.29, 0.717) is 31.0 Å². The molecule has 0 atom stereocenters. The second-order valence-electron chi connectivity index (χ2n) is 4.57. The smallest absolute Gasteiger partial charge is 0.248 e. The SMILES string of the molecule is Cc1noc(C)c1S(=O)(=O)N1CCc2nc[nH]c2C1. The van der Waals surface area contributed by atoms with Gasteiger partial charge in [0.2, 0.25) is 10.0 Å². The second kappa shape index (κ2) is 4.17. The Kier molecular flexibility index (Phi) is 2.72. The third-order valence-electron chi connectivity index (χ3n) is 3.31. The van der Waals surface area contributed by atoms with Gasteiger partial charge in [-0.2, -0.15) is 4.31 Å².